The van der Waals surface area contributed by atoms with Crippen LogP contribution in [0.25, 0.3) is 0 Å². The summed E-state index contributed by atoms with van der Waals surface area (Å²) in [5.74, 6) is 1.94. The van der Waals surface area contributed by atoms with Gasteiger partial charge in [0.05, 0.1) is 6.54 Å². The van der Waals surface area contributed by atoms with E-state index in [1.807, 2.05) is 4.68 Å². The van der Waals surface area contributed by atoms with Crippen LogP contribution in [0.5, 0.6) is 0 Å². The summed E-state index contributed by atoms with van der Waals surface area (Å²) in [7, 11) is 2.21. The molecule has 18 heavy (non-hydrogen) atoms. The van der Waals surface area contributed by atoms with Crippen LogP contribution >= 0.6 is 0 Å². The van der Waals surface area contributed by atoms with Gasteiger partial charge in [0.15, 0.2) is 0 Å². The van der Waals surface area contributed by atoms with E-state index in [9.17, 15) is 0 Å². The van der Waals surface area contributed by atoms with Crippen molar-refractivity contribution in [3.05, 3.63) is 12.2 Å². The number of aromatic nitrogens is 3. The van der Waals surface area contributed by atoms with E-state index in [1.54, 1.807) is 6.33 Å². The lowest BCUT2D eigenvalue weighted by Crippen LogP contribution is -2.31. The monoisotopic (exact) mass is 251 g/mol. The zero-order valence-electron chi connectivity index (χ0n) is 11.6. The summed E-state index contributed by atoms with van der Waals surface area (Å²) in [6.07, 6.45) is 5.62. The number of nitrogens with one attached hydrogen (secondary N) is 1. The number of piperidine rings is 1. The third-order valence-electron chi connectivity index (χ3n) is 3.85. The molecule has 0 saturated carbocycles. The van der Waals surface area contributed by atoms with Crippen molar-refractivity contribution in [3.63, 3.8) is 0 Å². The molecule has 0 radical (unpaired) electrons. The summed E-state index contributed by atoms with van der Waals surface area (Å²) in [6, 6.07) is 0. The zero-order chi connectivity index (χ0) is 12.8. The van der Waals surface area contributed by atoms with Gasteiger partial charge < -0.3 is 10.2 Å². The van der Waals surface area contributed by atoms with E-state index >= 15 is 0 Å². The molecule has 0 atom stereocenters. The average Bonchev–Trinajstić information content (AvgIpc) is 2.84. The van der Waals surface area contributed by atoms with Crippen LogP contribution in [0.3, 0.4) is 0 Å². The standard InChI is InChI=1S/C13H25N5/c1-3-18-13(15-11-16-18)10-14-7-4-12-5-8-17(2)9-6-12/h11-12,14H,3-10H2,1-2H3. The topological polar surface area (TPSA) is 46.0 Å². The molecule has 102 valence electrons. The predicted octanol–water partition coefficient (Wildman–Crippen LogP) is 1.12. The lowest BCUT2D eigenvalue weighted by Gasteiger charge is -2.28. The van der Waals surface area contributed by atoms with Crippen LogP contribution in [-0.4, -0.2) is 46.3 Å². The molecule has 1 aliphatic heterocycles. The van der Waals surface area contributed by atoms with Gasteiger partial charge in [-0.2, -0.15) is 5.10 Å². The summed E-state index contributed by atoms with van der Waals surface area (Å²) in [5, 5.41) is 7.66. The smallest absolute Gasteiger partial charge is 0.140 e. The summed E-state index contributed by atoms with van der Waals surface area (Å²) in [4.78, 5) is 6.69. The second-order valence-corrected chi connectivity index (χ2v) is 5.20. The van der Waals surface area contributed by atoms with Crippen LogP contribution in [0.15, 0.2) is 6.33 Å². The fraction of sp³-hybridized carbons (Fsp3) is 0.846. The van der Waals surface area contributed by atoms with Crippen molar-refractivity contribution in [3.8, 4) is 0 Å². The van der Waals surface area contributed by atoms with E-state index < -0.39 is 0 Å². The molecule has 0 amide bonds. The number of likely N-dealkylation sites (tertiary alicyclic amines) is 1. The third kappa shape index (κ3) is 3.78. The number of hydrogen-bond acceptors (Lipinski definition) is 4. The van der Waals surface area contributed by atoms with Gasteiger partial charge in [0.2, 0.25) is 0 Å². The Kier molecular flexibility index (Phi) is 5.13. The quantitative estimate of drug-likeness (QED) is 0.770. The molecule has 0 bridgehead atoms. The molecule has 0 spiro atoms. The lowest BCUT2D eigenvalue weighted by molar-refractivity contribution is 0.211. The van der Waals surface area contributed by atoms with E-state index in [1.165, 1.54) is 32.4 Å². The number of hydrogen-bond donors (Lipinski definition) is 1. The van der Waals surface area contributed by atoms with Gasteiger partial charge in [-0.3, -0.25) is 0 Å². The number of rotatable bonds is 6. The first-order chi connectivity index (χ1) is 8.79. The van der Waals surface area contributed by atoms with Gasteiger partial charge in [0.1, 0.15) is 12.2 Å². The van der Waals surface area contributed by atoms with Crippen molar-refractivity contribution >= 4 is 0 Å². The summed E-state index contributed by atoms with van der Waals surface area (Å²) < 4.78 is 1.95. The molecule has 1 fully saturated rings. The molecular formula is C13H25N5. The van der Waals surface area contributed by atoms with Crippen molar-refractivity contribution < 1.29 is 0 Å². The van der Waals surface area contributed by atoms with E-state index in [-0.39, 0.29) is 0 Å². The molecule has 5 heteroatoms. The Morgan fingerprint density at radius 2 is 2.17 bits per heavy atom. The third-order valence-corrected chi connectivity index (χ3v) is 3.85. The Hall–Kier alpha value is -0.940. The first-order valence-corrected chi connectivity index (χ1v) is 7.05. The second-order valence-electron chi connectivity index (χ2n) is 5.20. The van der Waals surface area contributed by atoms with E-state index in [2.05, 4.69) is 34.3 Å². The Morgan fingerprint density at radius 1 is 1.39 bits per heavy atom. The van der Waals surface area contributed by atoms with E-state index in [0.717, 1.165) is 31.4 Å². The highest BCUT2D eigenvalue weighted by atomic mass is 15.3. The van der Waals surface area contributed by atoms with Gasteiger partial charge in [-0.1, -0.05) is 0 Å². The van der Waals surface area contributed by atoms with Gasteiger partial charge >= 0.3 is 0 Å². The van der Waals surface area contributed by atoms with Crippen LogP contribution in [-0.2, 0) is 13.1 Å². The summed E-state index contributed by atoms with van der Waals surface area (Å²) >= 11 is 0. The van der Waals surface area contributed by atoms with E-state index in [0.29, 0.717) is 0 Å². The van der Waals surface area contributed by atoms with Gasteiger partial charge in [-0.15, -0.1) is 0 Å². The summed E-state index contributed by atoms with van der Waals surface area (Å²) in [6.45, 7) is 7.43. The first kappa shape index (κ1) is 13.5. The van der Waals surface area contributed by atoms with Crippen LogP contribution in [0.4, 0.5) is 0 Å². The fourth-order valence-electron chi connectivity index (χ4n) is 2.55. The molecule has 1 N–H and O–H groups in total. The minimum Gasteiger partial charge on any atom is -0.310 e. The molecule has 0 unspecified atom stereocenters. The number of aryl methyl sites for hydroxylation is 1. The second kappa shape index (κ2) is 6.85. The van der Waals surface area contributed by atoms with Gasteiger partial charge in [0, 0.05) is 6.54 Å². The Bertz CT molecular complexity index is 341. The van der Waals surface area contributed by atoms with Crippen molar-refractivity contribution in [2.24, 2.45) is 5.92 Å². The SMILES string of the molecule is CCn1ncnc1CNCCC1CCN(C)CC1. The average molecular weight is 251 g/mol. The first-order valence-electron chi connectivity index (χ1n) is 7.05. The van der Waals surface area contributed by atoms with Crippen molar-refractivity contribution in [2.75, 3.05) is 26.7 Å². The lowest BCUT2D eigenvalue weighted by atomic mass is 9.94. The molecule has 1 aliphatic rings. The molecule has 1 aromatic heterocycles. The Balaban J connectivity index is 1.61. The largest absolute Gasteiger partial charge is 0.310 e. The van der Waals surface area contributed by atoms with Gasteiger partial charge in [0.25, 0.3) is 0 Å². The maximum absolute atomic E-state index is 4.26. The molecule has 1 aromatic rings. The van der Waals surface area contributed by atoms with Crippen LogP contribution < -0.4 is 5.32 Å². The zero-order valence-corrected chi connectivity index (χ0v) is 11.6. The summed E-state index contributed by atoms with van der Waals surface area (Å²) in [5.41, 5.74) is 0. The highest BCUT2D eigenvalue weighted by Gasteiger charge is 2.15. The predicted molar refractivity (Wildman–Crippen MR) is 72.2 cm³/mol. The minimum atomic E-state index is 0.834. The fourth-order valence-corrected chi connectivity index (χ4v) is 2.55. The molecule has 2 rings (SSSR count). The Morgan fingerprint density at radius 3 is 2.89 bits per heavy atom. The van der Waals surface area contributed by atoms with Gasteiger partial charge in [-0.25, -0.2) is 9.67 Å². The molecule has 0 aromatic carbocycles. The van der Waals surface area contributed by atoms with Crippen LogP contribution in [0, 0.1) is 5.92 Å². The molecule has 2 heterocycles. The number of nitrogens with zero attached hydrogens (tertiary/aromatic N) is 4. The maximum Gasteiger partial charge on any atom is 0.140 e. The Labute approximate surface area is 110 Å². The maximum atomic E-state index is 4.26. The molecule has 5 nitrogen and oxygen atoms in total. The van der Waals surface area contributed by atoms with Crippen molar-refractivity contribution in [2.45, 2.75) is 39.3 Å². The minimum absolute atomic E-state index is 0.834. The van der Waals surface area contributed by atoms with E-state index in [4.69, 9.17) is 0 Å². The molecule has 1 saturated heterocycles. The van der Waals surface area contributed by atoms with Gasteiger partial charge in [-0.05, 0) is 58.8 Å². The normalized spacial score (nSPS) is 18.3. The highest BCUT2D eigenvalue weighted by Crippen LogP contribution is 2.18. The molecular weight excluding hydrogens is 226 g/mol. The van der Waals surface area contributed by atoms with Crippen LogP contribution in [0.2, 0.25) is 0 Å². The van der Waals surface area contributed by atoms with Crippen molar-refractivity contribution in [1.29, 1.82) is 0 Å². The highest BCUT2D eigenvalue weighted by molar-refractivity contribution is 4.83. The van der Waals surface area contributed by atoms with Crippen molar-refractivity contribution in [1.82, 2.24) is 25.0 Å². The molecule has 0 aliphatic carbocycles. The van der Waals surface area contributed by atoms with Crippen LogP contribution in [0.1, 0.15) is 32.0 Å².